The fraction of sp³-hybridized carbons (Fsp3) is 0.353. The molecule has 2 aromatic rings. The van der Waals surface area contributed by atoms with Crippen LogP contribution >= 0.6 is 0 Å². The van der Waals surface area contributed by atoms with E-state index in [-0.39, 0.29) is 17.3 Å². The molecule has 0 N–H and O–H groups in total. The maximum atomic E-state index is 13.7. The molecule has 0 radical (unpaired) electrons. The Morgan fingerprint density at radius 2 is 1.95 bits per heavy atom. The number of rotatable bonds is 4. The lowest BCUT2D eigenvalue weighted by Crippen LogP contribution is -2.14. The summed E-state index contributed by atoms with van der Waals surface area (Å²) in [5, 5.41) is 0. The van der Waals surface area contributed by atoms with E-state index in [1.807, 2.05) is 32.8 Å². The summed E-state index contributed by atoms with van der Waals surface area (Å²) in [6.07, 6.45) is 1.73. The van der Waals surface area contributed by atoms with Crippen molar-refractivity contribution < 1.29 is 9.18 Å². The first kappa shape index (κ1) is 16.1. The van der Waals surface area contributed by atoms with Gasteiger partial charge in [0.05, 0.1) is 11.3 Å². The molecule has 0 atom stereocenters. The highest BCUT2D eigenvalue weighted by atomic mass is 19.1. The van der Waals surface area contributed by atoms with Crippen molar-refractivity contribution in [3.63, 3.8) is 0 Å². The lowest BCUT2D eigenvalue weighted by atomic mass is 9.97. The third-order valence-electron chi connectivity index (χ3n) is 3.41. The van der Waals surface area contributed by atoms with Gasteiger partial charge in [0.1, 0.15) is 5.82 Å². The van der Waals surface area contributed by atoms with Gasteiger partial charge in [-0.1, -0.05) is 19.9 Å². The van der Waals surface area contributed by atoms with Gasteiger partial charge < -0.3 is 4.90 Å². The van der Waals surface area contributed by atoms with Gasteiger partial charge >= 0.3 is 0 Å². The van der Waals surface area contributed by atoms with Crippen LogP contribution in [-0.2, 0) is 0 Å². The Morgan fingerprint density at radius 1 is 1.27 bits per heavy atom. The Balaban J connectivity index is 2.62. The van der Waals surface area contributed by atoms with Crippen LogP contribution in [0.3, 0.4) is 0 Å². The second-order valence-electron chi connectivity index (χ2n) is 5.77. The van der Waals surface area contributed by atoms with Crippen LogP contribution in [0.1, 0.15) is 42.7 Å². The largest absolute Gasteiger partial charge is 0.347 e. The highest BCUT2D eigenvalue weighted by molar-refractivity contribution is 5.95. The van der Waals surface area contributed by atoms with Gasteiger partial charge in [-0.15, -0.1) is 0 Å². The van der Waals surface area contributed by atoms with Crippen LogP contribution in [0.15, 0.2) is 24.4 Å². The first-order valence-corrected chi connectivity index (χ1v) is 7.16. The van der Waals surface area contributed by atoms with E-state index in [2.05, 4.69) is 9.97 Å². The molecule has 4 nitrogen and oxygen atoms in total. The predicted octanol–water partition coefficient (Wildman–Crippen LogP) is 3.67. The minimum Gasteiger partial charge on any atom is -0.347 e. The maximum Gasteiger partial charge on any atom is 0.225 e. The number of Topliss-reactive ketones (excluding diaryl/α,β-unsaturated/α-hetero) is 1. The fourth-order valence-corrected chi connectivity index (χ4v) is 2.23. The number of anilines is 1. The summed E-state index contributed by atoms with van der Waals surface area (Å²) in [6, 6.07) is 4.54. The number of nitrogens with zero attached hydrogens (tertiary/aromatic N) is 3. The van der Waals surface area contributed by atoms with E-state index < -0.39 is 5.82 Å². The molecule has 1 aromatic heterocycles. The molecule has 0 bridgehead atoms. The molecule has 2 rings (SSSR count). The van der Waals surface area contributed by atoms with Crippen molar-refractivity contribution in [1.82, 2.24) is 9.97 Å². The summed E-state index contributed by atoms with van der Waals surface area (Å²) in [6.45, 7) is 5.44. The minimum atomic E-state index is -0.506. The lowest BCUT2D eigenvalue weighted by molar-refractivity contribution is 0.101. The molecular weight excluding hydrogens is 281 g/mol. The molecule has 0 spiro atoms. The van der Waals surface area contributed by atoms with Crippen LogP contribution in [-0.4, -0.2) is 29.8 Å². The fourth-order valence-electron chi connectivity index (χ4n) is 2.23. The molecule has 1 heterocycles. The summed E-state index contributed by atoms with van der Waals surface area (Å²) < 4.78 is 13.7. The number of benzene rings is 1. The smallest absolute Gasteiger partial charge is 0.225 e. The Morgan fingerprint density at radius 3 is 2.50 bits per heavy atom. The molecular formula is C17H20FN3O. The average Bonchev–Trinajstić information content (AvgIpc) is 2.46. The second kappa shape index (κ2) is 6.22. The van der Waals surface area contributed by atoms with Crippen LogP contribution in [0.25, 0.3) is 11.1 Å². The molecule has 0 aliphatic rings. The normalized spacial score (nSPS) is 10.9. The van der Waals surface area contributed by atoms with Crippen molar-refractivity contribution >= 4 is 11.7 Å². The monoisotopic (exact) mass is 301 g/mol. The molecule has 0 amide bonds. The molecule has 1 aromatic carbocycles. The first-order valence-electron chi connectivity index (χ1n) is 7.16. The summed E-state index contributed by atoms with van der Waals surface area (Å²) >= 11 is 0. The van der Waals surface area contributed by atoms with Gasteiger partial charge in [-0.25, -0.2) is 14.4 Å². The molecule has 0 fully saturated rings. The Kier molecular flexibility index (Phi) is 4.54. The summed E-state index contributed by atoms with van der Waals surface area (Å²) in [5.74, 6) is 0.00772. The zero-order valence-corrected chi connectivity index (χ0v) is 13.5. The number of hydrogen-bond acceptors (Lipinski definition) is 4. The Hall–Kier alpha value is -2.30. The number of halogens is 1. The summed E-state index contributed by atoms with van der Waals surface area (Å²) in [5.41, 5.74) is 2.53. The van der Waals surface area contributed by atoms with Gasteiger partial charge in [0.25, 0.3) is 0 Å². The van der Waals surface area contributed by atoms with Crippen molar-refractivity contribution in [3.8, 4) is 11.1 Å². The maximum absolute atomic E-state index is 13.7. The molecule has 0 aliphatic carbocycles. The number of carbonyl (C=O) groups excluding carboxylic acids is 1. The van der Waals surface area contributed by atoms with Crippen molar-refractivity contribution in [2.24, 2.45) is 0 Å². The Bertz CT molecular complexity index is 711. The van der Waals surface area contributed by atoms with E-state index >= 15 is 0 Å². The molecule has 5 heteroatoms. The van der Waals surface area contributed by atoms with Gasteiger partial charge in [0, 0.05) is 25.9 Å². The van der Waals surface area contributed by atoms with Crippen LogP contribution in [0, 0.1) is 5.82 Å². The van der Waals surface area contributed by atoms with E-state index in [1.165, 1.54) is 13.0 Å². The SMILES string of the molecule is CC(=O)c1cc(-c2cnc(N(C)C)nc2C(C)C)ccc1F. The van der Waals surface area contributed by atoms with Gasteiger partial charge in [-0.3, -0.25) is 4.79 Å². The zero-order chi connectivity index (χ0) is 16.4. The summed E-state index contributed by atoms with van der Waals surface area (Å²) in [4.78, 5) is 22.3. The van der Waals surface area contributed by atoms with Gasteiger partial charge in [-0.2, -0.15) is 0 Å². The molecule has 0 aliphatic heterocycles. The third kappa shape index (κ3) is 3.13. The van der Waals surface area contributed by atoms with Crippen molar-refractivity contribution in [2.75, 3.05) is 19.0 Å². The van der Waals surface area contributed by atoms with Gasteiger partial charge in [0.15, 0.2) is 5.78 Å². The highest BCUT2D eigenvalue weighted by Crippen LogP contribution is 2.29. The van der Waals surface area contributed by atoms with Crippen LogP contribution < -0.4 is 4.90 Å². The highest BCUT2D eigenvalue weighted by Gasteiger charge is 2.16. The Labute approximate surface area is 130 Å². The molecule has 0 saturated heterocycles. The van der Waals surface area contributed by atoms with E-state index in [0.29, 0.717) is 5.95 Å². The quantitative estimate of drug-likeness (QED) is 0.808. The van der Waals surface area contributed by atoms with E-state index in [9.17, 15) is 9.18 Å². The topological polar surface area (TPSA) is 46.1 Å². The van der Waals surface area contributed by atoms with Gasteiger partial charge in [0.2, 0.25) is 5.95 Å². The third-order valence-corrected chi connectivity index (χ3v) is 3.41. The van der Waals surface area contributed by atoms with Crippen molar-refractivity contribution in [1.29, 1.82) is 0 Å². The molecule has 0 unspecified atom stereocenters. The molecule has 0 saturated carbocycles. The van der Waals surface area contributed by atoms with Crippen LogP contribution in [0.5, 0.6) is 0 Å². The molecule has 116 valence electrons. The zero-order valence-electron chi connectivity index (χ0n) is 13.5. The summed E-state index contributed by atoms with van der Waals surface area (Å²) in [7, 11) is 3.76. The van der Waals surface area contributed by atoms with Gasteiger partial charge in [-0.05, 0) is 30.5 Å². The number of ketones is 1. The molecule has 22 heavy (non-hydrogen) atoms. The van der Waals surface area contributed by atoms with E-state index in [0.717, 1.165) is 16.8 Å². The van der Waals surface area contributed by atoms with Crippen LogP contribution in [0.2, 0.25) is 0 Å². The first-order chi connectivity index (χ1) is 10.3. The number of aromatic nitrogens is 2. The predicted molar refractivity (Wildman–Crippen MR) is 85.8 cm³/mol. The number of hydrogen-bond donors (Lipinski definition) is 0. The second-order valence-corrected chi connectivity index (χ2v) is 5.77. The standard InChI is InChI=1S/C17H20FN3O/c1-10(2)16-14(9-19-17(20-16)21(4)5)12-6-7-15(18)13(8-12)11(3)22/h6-10H,1-5H3. The lowest BCUT2D eigenvalue weighted by Gasteiger charge is -2.16. The van der Waals surface area contributed by atoms with Crippen molar-refractivity contribution in [3.05, 3.63) is 41.5 Å². The van der Waals surface area contributed by atoms with Crippen molar-refractivity contribution in [2.45, 2.75) is 26.7 Å². The average molecular weight is 301 g/mol. The minimum absolute atomic E-state index is 0.0869. The van der Waals surface area contributed by atoms with E-state index in [4.69, 9.17) is 0 Å². The van der Waals surface area contributed by atoms with Crippen LogP contribution in [0.4, 0.5) is 10.3 Å². The van der Waals surface area contributed by atoms with E-state index in [1.54, 1.807) is 18.3 Å². The number of carbonyl (C=O) groups is 1.